The van der Waals surface area contributed by atoms with Gasteiger partial charge in [0, 0.05) is 20.7 Å². The van der Waals surface area contributed by atoms with E-state index in [4.69, 9.17) is 0 Å². The first-order chi connectivity index (χ1) is 15.6. The second kappa shape index (κ2) is 7.93. The van der Waals surface area contributed by atoms with Gasteiger partial charge in [0.2, 0.25) is 0 Å². The minimum absolute atomic E-state index is 0.249. The lowest BCUT2D eigenvalue weighted by molar-refractivity contribution is 0.0842. The number of Topliss-reactive ketones (excluding diaryl/α,β-unsaturated/α-hetero) is 1. The van der Waals surface area contributed by atoms with E-state index in [1.165, 1.54) is 0 Å². The van der Waals surface area contributed by atoms with E-state index in [0.29, 0.717) is 5.56 Å². The molecular formula is C27H18IN3O. The predicted molar refractivity (Wildman–Crippen MR) is 132 cm³/mol. The van der Waals surface area contributed by atoms with Gasteiger partial charge in [0.15, 0.2) is 11.2 Å². The zero-order valence-electron chi connectivity index (χ0n) is 17.0. The van der Waals surface area contributed by atoms with E-state index in [1.807, 2.05) is 65.6 Å². The molecule has 3 aromatic rings. The van der Waals surface area contributed by atoms with Crippen LogP contribution in [0.5, 0.6) is 0 Å². The van der Waals surface area contributed by atoms with E-state index in [1.54, 1.807) is 24.3 Å². The number of carbonyl (C=O) groups excluding carboxylic acids is 1. The molecule has 5 rings (SSSR count). The number of benzene rings is 3. The minimum Gasteiger partial charge on any atom is -0.346 e. The maximum atomic E-state index is 14.1. The van der Waals surface area contributed by atoms with Crippen LogP contribution in [0.15, 0.2) is 84.9 Å². The fourth-order valence-corrected chi connectivity index (χ4v) is 5.67. The van der Waals surface area contributed by atoms with Gasteiger partial charge in [-0.2, -0.15) is 10.5 Å². The third kappa shape index (κ3) is 2.89. The topological polar surface area (TPSA) is 67.9 Å². The molecule has 0 saturated carbocycles. The molecule has 0 aromatic heterocycles. The lowest BCUT2D eigenvalue weighted by atomic mass is 9.65. The molecule has 1 saturated heterocycles. The van der Waals surface area contributed by atoms with Crippen LogP contribution in [0.25, 0.3) is 6.08 Å². The maximum absolute atomic E-state index is 14.1. The van der Waals surface area contributed by atoms with E-state index in [-0.39, 0.29) is 5.78 Å². The second-order valence-corrected chi connectivity index (χ2v) is 9.30. The molecule has 0 bridgehead atoms. The van der Waals surface area contributed by atoms with Gasteiger partial charge in [-0.15, -0.1) is 0 Å². The van der Waals surface area contributed by atoms with Gasteiger partial charge in [-0.25, -0.2) is 0 Å². The van der Waals surface area contributed by atoms with E-state index < -0.39 is 23.4 Å². The molecule has 3 aromatic carbocycles. The van der Waals surface area contributed by atoms with Gasteiger partial charge in [0.05, 0.1) is 18.2 Å². The van der Waals surface area contributed by atoms with Gasteiger partial charge >= 0.3 is 0 Å². The van der Waals surface area contributed by atoms with Crippen molar-refractivity contribution >= 4 is 40.1 Å². The van der Waals surface area contributed by atoms with Crippen molar-refractivity contribution in [3.63, 3.8) is 0 Å². The zero-order chi connectivity index (χ0) is 22.3. The molecule has 154 valence electrons. The van der Waals surface area contributed by atoms with Crippen LogP contribution in [-0.4, -0.2) is 17.9 Å². The molecule has 1 fully saturated rings. The average molecular weight is 527 g/mol. The summed E-state index contributed by atoms with van der Waals surface area (Å²) >= 11 is 2.26. The van der Waals surface area contributed by atoms with E-state index in [9.17, 15) is 15.3 Å². The zero-order valence-corrected chi connectivity index (χ0v) is 19.2. The van der Waals surface area contributed by atoms with Crippen molar-refractivity contribution < 1.29 is 4.79 Å². The third-order valence-corrected chi connectivity index (χ3v) is 7.16. The molecule has 2 aliphatic heterocycles. The molecule has 4 nitrogen and oxygen atoms in total. The fraction of sp³-hybridized carbons (Fsp3) is 0.148. The second-order valence-electron chi connectivity index (χ2n) is 8.05. The molecule has 32 heavy (non-hydrogen) atoms. The Morgan fingerprint density at radius 2 is 1.66 bits per heavy atom. The van der Waals surface area contributed by atoms with Gasteiger partial charge in [-0.3, -0.25) is 4.79 Å². The number of nitriles is 2. The van der Waals surface area contributed by atoms with Crippen molar-refractivity contribution in [1.82, 2.24) is 0 Å². The van der Waals surface area contributed by atoms with Crippen LogP contribution in [0, 0.1) is 31.6 Å². The molecule has 4 atom stereocenters. The Morgan fingerprint density at radius 1 is 0.969 bits per heavy atom. The van der Waals surface area contributed by atoms with Crippen molar-refractivity contribution in [3.05, 3.63) is 105 Å². The molecule has 0 aliphatic carbocycles. The average Bonchev–Trinajstić information content (AvgIpc) is 3.15. The number of anilines is 1. The Balaban J connectivity index is 1.79. The first-order valence-electron chi connectivity index (χ1n) is 10.3. The lowest BCUT2D eigenvalue weighted by Gasteiger charge is -2.36. The first-order valence-corrected chi connectivity index (χ1v) is 11.4. The number of rotatable bonds is 3. The summed E-state index contributed by atoms with van der Waals surface area (Å²) in [6.07, 6.45) is 3.90. The first kappa shape index (κ1) is 20.5. The normalized spacial score (nSPS) is 25.3. The summed E-state index contributed by atoms with van der Waals surface area (Å²) < 4.78 is 1.09. The van der Waals surface area contributed by atoms with E-state index >= 15 is 0 Å². The van der Waals surface area contributed by atoms with Crippen LogP contribution < -0.4 is 4.90 Å². The number of ketones is 1. The highest BCUT2D eigenvalue weighted by Gasteiger charge is 2.64. The lowest BCUT2D eigenvalue weighted by Crippen LogP contribution is -2.45. The molecule has 2 heterocycles. The summed E-state index contributed by atoms with van der Waals surface area (Å²) in [5.41, 5.74) is 1.72. The van der Waals surface area contributed by atoms with Crippen molar-refractivity contribution in [2.45, 2.75) is 18.0 Å². The Kier molecular flexibility index (Phi) is 5.07. The molecule has 0 radical (unpaired) electrons. The van der Waals surface area contributed by atoms with Crippen LogP contribution in [0.1, 0.15) is 27.4 Å². The highest BCUT2D eigenvalue weighted by molar-refractivity contribution is 14.1. The molecule has 0 amide bonds. The summed E-state index contributed by atoms with van der Waals surface area (Å²) in [5.74, 6) is -0.855. The van der Waals surface area contributed by atoms with Crippen LogP contribution in [0.3, 0.4) is 0 Å². The monoisotopic (exact) mass is 527 g/mol. The minimum atomic E-state index is -1.44. The summed E-state index contributed by atoms with van der Waals surface area (Å²) in [6.45, 7) is 0. The van der Waals surface area contributed by atoms with Crippen molar-refractivity contribution in [1.29, 1.82) is 10.5 Å². The molecular weight excluding hydrogens is 509 g/mol. The van der Waals surface area contributed by atoms with Crippen molar-refractivity contribution in [2.75, 3.05) is 4.90 Å². The Bertz CT molecular complexity index is 1310. The summed E-state index contributed by atoms with van der Waals surface area (Å²) in [4.78, 5) is 16.1. The smallest absolute Gasteiger partial charge is 0.186 e. The van der Waals surface area contributed by atoms with Crippen LogP contribution in [-0.2, 0) is 0 Å². The number of hydrogen-bond donors (Lipinski definition) is 0. The van der Waals surface area contributed by atoms with E-state index in [2.05, 4.69) is 40.8 Å². The van der Waals surface area contributed by atoms with Gasteiger partial charge < -0.3 is 4.90 Å². The standard InChI is InChI=1S/C27H18IN3O/c28-21-12-13-22-20(15-21)11-14-24-27(17-30,26(32)19-9-5-2-6-10-19)25(23(16-29)31(22)24)18-7-3-1-4-8-18/h1-15,23-25H/t23-,24-,25+,27+/m1/s1. The number of fused-ring (bicyclic) bond motifs is 3. The summed E-state index contributed by atoms with van der Waals surface area (Å²) in [5, 5.41) is 21.0. The van der Waals surface area contributed by atoms with Crippen molar-refractivity contribution in [2.24, 2.45) is 5.41 Å². The molecule has 5 heteroatoms. The number of nitrogens with zero attached hydrogens (tertiary/aromatic N) is 3. The van der Waals surface area contributed by atoms with Gasteiger partial charge in [-0.1, -0.05) is 72.8 Å². The number of halogens is 1. The SMILES string of the molecule is N#C[C@@H]1[C@H](c2ccccc2)[C@@](C#N)(C(=O)c2ccccc2)[C@H]2C=Cc3cc(I)ccc3N12. The quantitative estimate of drug-likeness (QED) is 0.330. The Hall–Kier alpha value is -3.42. The van der Waals surface area contributed by atoms with Gasteiger partial charge in [-0.05, 0) is 51.9 Å². The Morgan fingerprint density at radius 3 is 2.31 bits per heavy atom. The molecule has 0 spiro atoms. The molecule has 2 aliphatic rings. The number of hydrogen-bond acceptors (Lipinski definition) is 4. The predicted octanol–water partition coefficient (Wildman–Crippen LogP) is 5.58. The highest BCUT2D eigenvalue weighted by atomic mass is 127. The summed E-state index contributed by atoms with van der Waals surface area (Å²) in [6, 6.07) is 28.2. The van der Waals surface area contributed by atoms with Crippen LogP contribution in [0.2, 0.25) is 0 Å². The van der Waals surface area contributed by atoms with Crippen molar-refractivity contribution in [3.8, 4) is 12.1 Å². The van der Waals surface area contributed by atoms with Gasteiger partial charge in [0.1, 0.15) is 6.04 Å². The third-order valence-electron chi connectivity index (χ3n) is 6.49. The fourth-order valence-electron chi connectivity index (χ4n) is 5.15. The van der Waals surface area contributed by atoms with Crippen LogP contribution >= 0.6 is 22.6 Å². The number of carbonyl (C=O) groups is 1. The molecule has 0 N–H and O–H groups in total. The highest BCUT2D eigenvalue weighted by Crippen LogP contribution is 2.56. The van der Waals surface area contributed by atoms with Gasteiger partial charge in [0.25, 0.3) is 0 Å². The van der Waals surface area contributed by atoms with E-state index in [0.717, 1.165) is 20.4 Å². The molecule has 0 unspecified atom stereocenters. The Labute approximate surface area is 200 Å². The van der Waals surface area contributed by atoms with Crippen LogP contribution in [0.4, 0.5) is 5.69 Å². The maximum Gasteiger partial charge on any atom is 0.186 e. The summed E-state index contributed by atoms with van der Waals surface area (Å²) in [7, 11) is 0. The largest absolute Gasteiger partial charge is 0.346 e.